The Balaban J connectivity index is 0. The maximum atomic E-state index is 2.57. The Hall–Kier alpha value is -1.91. The van der Waals surface area contributed by atoms with Crippen molar-refractivity contribution in [2.24, 2.45) is 0 Å². The van der Waals surface area contributed by atoms with Crippen molar-refractivity contribution in [3.63, 3.8) is 0 Å². The molecule has 0 aliphatic heterocycles. The van der Waals surface area contributed by atoms with E-state index < -0.39 is 15.2 Å². The third-order valence-corrected chi connectivity index (χ3v) is 22.8. The van der Waals surface area contributed by atoms with Gasteiger partial charge in [0.25, 0.3) is 0 Å². The van der Waals surface area contributed by atoms with Gasteiger partial charge in [-0.1, -0.05) is 156 Å². The Morgan fingerprint density at radius 2 is 0.667 bits per heavy atom. The first-order valence-electron chi connectivity index (χ1n) is 8.23. The number of benzene rings is 3. The molecule has 0 heterocycles. The molecule has 0 unspecified atom stereocenters. The van der Waals surface area contributed by atoms with Crippen LogP contribution in [0, 0.1) is 0 Å². The lowest BCUT2D eigenvalue weighted by Crippen LogP contribution is -2.76. The molecule has 148 valence electrons. The van der Waals surface area contributed by atoms with Crippen LogP contribution >= 0.6 is 0 Å². The highest BCUT2D eigenvalue weighted by atomic mass is 29.3. The summed E-state index contributed by atoms with van der Waals surface area (Å²) in [7, 11) is -3.51. The molecular formula is C25H40Si2. The maximum Gasteiger partial charge on any atom is 0.112 e. The smallest absolute Gasteiger partial charge is 0.0776 e. The molecule has 0 spiro atoms. The van der Waals surface area contributed by atoms with Crippen molar-refractivity contribution in [2.45, 2.75) is 49.3 Å². The lowest BCUT2D eigenvalue weighted by molar-refractivity contribution is 1.67. The van der Waals surface area contributed by atoms with Crippen LogP contribution in [0.3, 0.4) is 0 Å². The first-order valence-corrected chi connectivity index (χ1v) is 14.7. The predicted molar refractivity (Wildman–Crippen MR) is 134 cm³/mol. The minimum atomic E-state index is -1.83. The van der Waals surface area contributed by atoms with Gasteiger partial charge in [-0.05, 0) is 0 Å². The minimum absolute atomic E-state index is 0. The zero-order chi connectivity index (χ0) is 16.3. The second-order valence-electron chi connectivity index (χ2n) is 6.85. The second kappa shape index (κ2) is 11.1. The molecule has 0 saturated carbocycles. The van der Waals surface area contributed by atoms with E-state index >= 15 is 0 Å². The van der Waals surface area contributed by atoms with Crippen molar-refractivity contribution in [1.29, 1.82) is 0 Å². The Bertz CT molecular complexity index is 711. The predicted octanol–water partition coefficient (Wildman–Crippen LogP) is 6.12. The van der Waals surface area contributed by atoms with E-state index in [-0.39, 0.29) is 29.7 Å². The van der Waals surface area contributed by atoms with Gasteiger partial charge in [-0.25, -0.2) is 0 Å². The van der Waals surface area contributed by atoms with Crippen molar-refractivity contribution >= 4 is 30.7 Å². The van der Waals surface area contributed by atoms with E-state index in [1.165, 1.54) is 0 Å². The fraction of sp³-hybridized carbons (Fsp3) is 0.280. The van der Waals surface area contributed by atoms with E-state index in [4.69, 9.17) is 0 Å². The lowest BCUT2D eigenvalue weighted by Gasteiger charge is -2.42. The summed E-state index contributed by atoms with van der Waals surface area (Å²) in [6.07, 6.45) is 0. The molecule has 3 aromatic carbocycles. The summed E-state index contributed by atoms with van der Waals surface area (Å²) in [4.78, 5) is 0. The highest BCUT2D eigenvalue weighted by molar-refractivity contribution is 7.54. The molecule has 0 radical (unpaired) electrons. The van der Waals surface area contributed by atoms with Crippen LogP contribution in [0.2, 0.25) is 19.6 Å². The van der Waals surface area contributed by atoms with Crippen molar-refractivity contribution in [3.8, 4) is 0 Å². The van der Waals surface area contributed by atoms with Crippen molar-refractivity contribution in [3.05, 3.63) is 91.0 Å². The maximum absolute atomic E-state index is 2.57. The largest absolute Gasteiger partial charge is 0.112 e. The molecule has 0 fully saturated rings. The molecule has 0 atom stereocenters. The quantitative estimate of drug-likeness (QED) is 0.466. The van der Waals surface area contributed by atoms with Crippen molar-refractivity contribution < 1.29 is 0 Å². The summed E-state index contributed by atoms with van der Waals surface area (Å²) in [5, 5.41) is 4.65. The van der Waals surface area contributed by atoms with E-state index in [0.29, 0.717) is 0 Å². The third-order valence-electron chi connectivity index (χ3n) is 5.45. The van der Waals surface area contributed by atoms with Crippen LogP contribution in [-0.4, -0.2) is 15.2 Å². The molecule has 0 N–H and O–H groups in total. The van der Waals surface area contributed by atoms with E-state index in [0.717, 1.165) is 0 Å². The Morgan fingerprint density at radius 3 is 0.963 bits per heavy atom. The number of rotatable bonds is 4. The molecule has 2 heteroatoms. The molecule has 0 aliphatic carbocycles. The van der Waals surface area contributed by atoms with E-state index in [1.807, 2.05) is 0 Å². The standard InChI is InChI=1S/C21H24Si2.4CH4/c1-22(2,19-13-7-4-8-14-19)23(3,20-15-9-5-10-16-20)21-17-11-6-12-18-21;;;;/h4-18H,1-3H3;4*1H4. The summed E-state index contributed by atoms with van der Waals surface area (Å²) < 4.78 is 0. The van der Waals surface area contributed by atoms with Crippen LogP contribution in [0.25, 0.3) is 0 Å². The number of hydrogen-bond acceptors (Lipinski definition) is 0. The van der Waals surface area contributed by atoms with Crippen LogP contribution < -0.4 is 15.6 Å². The van der Waals surface area contributed by atoms with Crippen LogP contribution in [0.4, 0.5) is 0 Å². The van der Waals surface area contributed by atoms with Gasteiger partial charge in [0, 0.05) is 0 Å². The molecule has 3 rings (SSSR count). The van der Waals surface area contributed by atoms with Gasteiger partial charge in [0.05, 0.1) is 7.59 Å². The highest BCUT2D eigenvalue weighted by Crippen LogP contribution is 2.20. The average molecular weight is 397 g/mol. The van der Waals surface area contributed by atoms with E-state index in [9.17, 15) is 0 Å². The fourth-order valence-electron chi connectivity index (χ4n) is 3.57. The molecule has 3 aromatic rings. The summed E-state index contributed by atoms with van der Waals surface area (Å²) in [5.74, 6) is 0. The Morgan fingerprint density at radius 1 is 0.407 bits per heavy atom. The lowest BCUT2D eigenvalue weighted by atomic mass is 10.4. The summed E-state index contributed by atoms with van der Waals surface area (Å²) in [5.41, 5.74) is 0. The Labute approximate surface area is 171 Å². The number of hydrogen-bond donors (Lipinski definition) is 0. The van der Waals surface area contributed by atoms with Crippen LogP contribution in [-0.2, 0) is 0 Å². The van der Waals surface area contributed by atoms with Gasteiger partial charge in [-0.3, -0.25) is 0 Å². The van der Waals surface area contributed by atoms with Gasteiger partial charge < -0.3 is 0 Å². The first kappa shape index (κ1) is 27.3. The van der Waals surface area contributed by atoms with Gasteiger partial charge in [0.2, 0.25) is 0 Å². The Kier molecular flexibility index (Phi) is 11.2. The molecule has 0 aliphatic rings. The van der Waals surface area contributed by atoms with E-state index in [2.05, 4.69) is 111 Å². The highest BCUT2D eigenvalue weighted by Gasteiger charge is 2.48. The second-order valence-corrected chi connectivity index (χ2v) is 20.8. The zero-order valence-electron chi connectivity index (χ0n) is 14.2. The van der Waals surface area contributed by atoms with Gasteiger partial charge >= 0.3 is 0 Å². The SMILES string of the molecule is C.C.C.C.C[Si](C)(c1ccccc1)[Si](C)(c1ccccc1)c1ccccc1. The summed E-state index contributed by atoms with van der Waals surface area (Å²) in [6, 6.07) is 33.6. The van der Waals surface area contributed by atoms with Crippen LogP contribution in [0.5, 0.6) is 0 Å². The molecule has 0 saturated heterocycles. The topological polar surface area (TPSA) is 0 Å². The van der Waals surface area contributed by atoms with Gasteiger partial charge in [-0.15, -0.1) is 0 Å². The fourth-order valence-corrected chi connectivity index (χ4v) is 16.2. The van der Waals surface area contributed by atoms with Crippen LogP contribution in [0.15, 0.2) is 91.0 Å². The van der Waals surface area contributed by atoms with Gasteiger partial charge in [0.15, 0.2) is 0 Å². The third kappa shape index (κ3) is 4.88. The van der Waals surface area contributed by atoms with Crippen LogP contribution in [0.1, 0.15) is 29.7 Å². The normalized spacial score (nSPS) is 10.3. The molecule has 27 heavy (non-hydrogen) atoms. The molecule has 0 nitrogen and oxygen atoms in total. The molecule has 0 amide bonds. The first-order chi connectivity index (χ1) is 11.1. The summed E-state index contributed by atoms with van der Waals surface area (Å²) in [6.45, 7) is 7.67. The van der Waals surface area contributed by atoms with Crippen molar-refractivity contribution in [1.82, 2.24) is 0 Å². The minimum Gasteiger partial charge on any atom is -0.0776 e. The molecular weight excluding hydrogens is 356 g/mol. The van der Waals surface area contributed by atoms with Crippen molar-refractivity contribution in [2.75, 3.05) is 0 Å². The molecule has 0 bridgehead atoms. The molecule has 0 aromatic heterocycles. The average Bonchev–Trinajstić information content (AvgIpc) is 2.63. The zero-order valence-corrected chi connectivity index (χ0v) is 16.2. The van der Waals surface area contributed by atoms with E-state index in [1.54, 1.807) is 15.6 Å². The monoisotopic (exact) mass is 396 g/mol. The summed E-state index contributed by atoms with van der Waals surface area (Å²) >= 11 is 0. The van der Waals surface area contributed by atoms with Gasteiger partial charge in [0.1, 0.15) is 7.59 Å². The van der Waals surface area contributed by atoms with Gasteiger partial charge in [-0.2, -0.15) is 0 Å².